The zero-order chi connectivity index (χ0) is 31.5. The Balaban J connectivity index is 2.60. The van der Waals surface area contributed by atoms with Crippen molar-refractivity contribution in [1.29, 1.82) is 0 Å². The van der Waals surface area contributed by atoms with Crippen LogP contribution < -0.4 is 0 Å². The van der Waals surface area contributed by atoms with Crippen LogP contribution in [0.3, 0.4) is 0 Å². The molecule has 0 radical (unpaired) electrons. The normalized spacial score (nSPS) is 18.6. The first-order valence-corrected chi connectivity index (χ1v) is 15.5. The minimum absolute atomic E-state index is 0.179. The molecular weight excluding hydrogens is 508 g/mol. The molecule has 0 aromatic heterocycles. The van der Waals surface area contributed by atoms with E-state index in [4.69, 9.17) is 0 Å². The summed E-state index contributed by atoms with van der Waals surface area (Å²) in [6.07, 6.45) is 39.8. The number of allylic oxidation sites excluding steroid dienone is 24. The second-order valence-corrected chi connectivity index (χ2v) is 12.7. The van der Waals surface area contributed by atoms with Crippen molar-refractivity contribution in [3.05, 3.63) is 142 Å². The number of carbonyl (C=O) groups is 1. The van der Waals surface area contributed by atoms with Gasteiger partial charge < -0.3 is 0 Å². The summed E-state index contributed by atoms with van der Waals surface area (Å²) in [6.45, 7) is 21.6. The number of carbonyl (C=O) groups excluding carboxylic acids is 1. The molecule has 0 aromatic carbocycles. The van der Waals surface area contributed by atoms with E-state index in [0.717, 1.165) is 11.1 Å². The fraction of sp³-hybridized carbons (Fsp3) is 0.390. The molecule has 0 saturated carbocycles. The van der Waals surface area contributed by atoms with Gasteiger partial charge in [-0.15, -0.1) is 0 Å². The van der Waals surface area contributed by atoms with Crippen LogP contribution in [0.4, 0.5) is 0 Å². The predicted molar refractivity (Wildman–Crippen MR) is 188 cm³/mol. The molecule has 0 saturated heterocycles. The molecule has 1 rings (SSSR count). The molecule has 1 heteroatoms. The highest BCUT2D eigenvalue weighted by Gasteiger charge is 2.26. The number of rotatable bonds is 14. The molecule has 0 fully saturated rings. The molecule has 0 amide bonds. The van der Waals surface area contributed by atoms with Gasteiger partial charge in [0.05, 0.1) is 0 Å². The summed E-state index contributed by atoms with van der Waals surface area (Å²) in [5.41, 5.74) is 9.20. The molecule has 0 unspecified atom stereocenters. The van der Waals surface area contributed by atoms with E-state index in [1.807, 2.05) is 25.2 Å². The fourth-order valence-electron chi connectivity index (χ4n) is 4.67. The smallest absolute Gasteiger partial charge is 0.155 e. The van der Waals surface area contributed by atoms with Crippen LogP contribution in [0.2, 0.25) is 0 Å². The first kappa shape index (κ1) is 36.6. The molecule has 0 bridgehead atoms. The Bertz CT molecular complexity index is 1260. The molecule has 0 heterocycles. The minimum atomic E-state index is 0.179. The van der Waals surface area contributed by atoms with Crippen molar-refractivity contribution < 1.29 is 4.79 Å². The zero-order valence-electron chi connectivity index (χ0n) is 28.1. The summed E-state index contributed by atoms with van der Waals surface area (Å²) in [4.78, 5) is 11.8. The van der Waals surface area contributed by atoms with Crippen molar-refractivity contribution in [2.45, 2.75) is 94.9 Å². The maximum Gasteiger partial charge on any atom is 0.155 e. The lowest BCUT2D eigenvalue weighted by molar-refractivity contribution is -0.115. The molecule has 0 aromatic rings. The first-order valence-electron chi connectivity index (χ1n) is 15.5. The van der Waals surface area contributed by atoms with Crippen molar-refractivity contribution in [2.24, 2.45) is 11.3 Å². The van der Waals surface area contributed by atoms with Crippen molar-refractivity contribution in [3.63, 3.8) is 0 Å². The van der Waals surface area contributed by atoms with Gasteiger partial charge in [0, 0.05) is 6.42 Å². The van der Waals surface area contributed by atoms with Crippen molar-refractivity contribution >= 4 is 5.78 Å². The molecule has 0 N–H and O–H groups in total. The maximum absolute atomic E-state index is 11.8. The summed E-state index contributed by atoms with van der Waals surface area (Å²) in [6, 6.07) is 0. The van der Waals surface area contributed by atoms with E-state index >= 15 is 0 Å². The summed E-state index contributed by atoms with van der Waals surface area (Å²) < 4.78 is 0. The Morgan fingerprint density at radius 1 is 0.667 bits per heavy atom. The van der Waals surface area contributed by atoms with Gasteiger partial charge in [0.2, 0.25) is 0 Å². The molecule has 1 nitrogen and oxygen atoms in total. The quantitative estimate of drug-likeness (QED) is 0.151. The summed E-state index contributed by atoms with van der Waals surface area (Å²) in [7, 11) is 0. The average molecular weight is 565 g/mol. The van der Waals surface area contributed by atoms with Crippen molar-refractivity contribution in [1.82, 2.24) is 0 Å². The van der Waals surface area contributed by atoms with Crippen LogP contribution in [0, 0.1) is 11.3 Å². The van der Waals surface area contributed by atoms with Crippen molar-refractivity contribution in [3.8, 4) is 0 Å². The molecule has 42 heavy (non-hydrogen) atoms. The largest absolute Gasteiger partial charge is 0.295 e. The van der Waals surface area contributed by atoms with E-state index in [-0.39, 0.29) is 11.2 Å². The lowest BCUT2D eigenvalue weighted by Gasteiger charge is -2.32. The van der Waals surface area contributed by atoms with Gasteiger partial charge in [0.15, 0.2) is 5.78 Å². The maximum atomic E-state index is 11.8. The summed E-state index contributed by atoms with van der Waals surface area (Å²) in [5.74, 6) is 0.570. The van der Waals surface area contributed by atoms with E-state index in [1.165, 1.54) is 47.1 Å². The minimum Gasteiger partial charge on any atom is -0.295 e. The van der Waals surface area contributed by atoms with Crippen LogP contribution in [0.5, 0.6) is 0 Å². The topological polar surface area (TPSA) is 17.1 Å². The van der Waals surface area contributed by atoms with Gasteiger partial charge in [-0.2, -0.15) is 0 Å². The first-order chi connectivity index (χ1) is 19.8. The Labute approximate surface area is 258 Å². The zero-order valence-corrected chi connectivity index (χ0v) is 28.1. The van der Waals surface area contributed by atoms with E-state index < -0.39 is 0 Å². The van der Waals surface area contributed by atoms with Crippen LogP contribution in [0.25, 0.3) is 0 Å². The van der Waals surface area contributed by atoms with Crippen LogP contribution in [-0.4, -0.2) is 5.78 Å². The molecule has 226 valence electrons. The predicted octanol–water partition coefficient (Wildman–Crippen LogP) is 12.2. The molecule has 0 aliphatic heterocycles. The lowest BCUT2D eigenvalue weighted by Crippen LogP contribution is -2.19. The van der Waals surface area contributed by atoms with Gasteiger partial charge in [-0.25, -0.2) is 0 Å². The van der Waals surface area contributed by atoms with Crippen LogP contribution >= 0.6 is 0 Å². The summed E-state index contributed by atoms with van der Waals surface area (Å²) in [5, 5.41) is 0. The Morgan fingerprint density at radius 2 is 1.10 bits per heavy atom. The van der Waals surface area contributed by atoms with E-state index in [0.29, 0.717) is 12.3 Å². The van der Waals surface area contributed by atoms with Crippen LogP contribution in [0.15, 0.2) is 142 Å². The van der Waals surface area contributed by atoms with Gasteiger partial charge in [0.1, 0.15) is 0 Å². The molecule has 0 spiro atoms. The SMILES string of the molecule is CC(C=CC=C(C)C=CC=C(C)C=CC(=O)CC(C)C)=CC=CC=C(C)C=CC=C(C)C=CC1=C(C)CCCC1(C)C. The third-order valence-electron chi connectivity index (χ3n) is 7.18. The highest BCUT2D eigenvalue weighted by Crippen LogP contribution is 2.40. The second kappa shape index (κ2) is 19.6. The number of hydrogen-bond acceptors (Lipinski definition) is 1. The number of ketones is 1. The molecular formula is C41H56O. The highest BCUT2D eigenvalue weighted by atomic mass is 16.1. The lowest BCUT2D eigenvalue weighted by atomic mass is 9.72. The Morgan fingerprint density at radius 3 is 1.55 bits per heavy atom. The van der Waals surface area contributed by atoms with Gasteiger partial charge in [-0.05, 0) is 83.8 Å². The van der Waals surface area contributed by atoms with Gasteiger partial charge >= 0.3 is 0 Å². The van der Waals surface area contributed by atoms with E-state index in [2.05, 4.69) is 141 Å². The Hall–Kier alpha value is -3.45. The molecule has 1 aliphatic rings. The van der Waals surface area contributed by atoms with E-state index in [9.17, 15) is 4.79 Å². The van der Waals surface area contributed by atoms with Gasteiger partial charge in [-0.3, -0.25) is 4.79 Å². The average Bonchev–Trinajstić information content (AvgIpc) is 2.89. The van der Waals surface area contributed by atoms with Gasteiger partial charge in [0.25, 0.3) is 0 Å². The van der Waals surface area contributed by atoms with Crippen LogP contribution in [0.1, 0.15) is 94.9 Å². The number of hydrogen-bond donors (Lipinski definition) is 0. The van der Waals surface area contributed by atoms with E-state index in [1.54, 1.807) is 6.08 Å². The molecule has 1 aliphatic carbocycles. The van der Waals surface area contributed by atoms with Crippen molar-refractivity contribution in [2.75, 3.05) is 0 Å². The standard InChI is InChI=1S/C41H56O/c1-32(2)31-39(42)28-26-36(6)23-15-22-35(5)21-13-19-33(3)17-11-12-18-34(4)20-14-24-37(7)27-29-40-38(8)25-16-30-41(40,9)10/h11-15,17-24,26-29,32H,16,25,30-31H2,1-10H3. The third kappa shape index (κ3) is 16.7. The Kier molecular flexibility index (Phi) is 17.1. The molecule has 0 atom stereocenters. The third-order valence-corrected chi connectivity index (χ3v) is 7.18. The summed E-state index contributed by atoms with van der Waals surface area (Å²) >= 11 is 0. The highest BCUT2D eigenvalue weighted by molar-refractivity contribution is 5.90. The second-order valence-electron chi connectivity index (χ2n) is 12.7. The monoisotopic (exact) mass is 564 g/mol. The van der Waals surface area contributed by atoms with Gasteiger partial charge in [-0.1, -0.05) is 158 Å². The fourth-order valence-corrected chi connectivity index (χ4v) is 4.67. The van der Waals surface area contributed by atoms with Crippen LogP contribution in [-0.2, 0) is 4.79 Å².